The van der Waals surface area contributed by atoms with Crippen molar-refractivity contribution in [3.63, 3.8) is 0 Å². The molecule has 0 N–H and O–H groups in total. The van der Waals surface area contributed by atoms with E-state index >= 15 is 0 Å². The smallest absolute Gasteiger partial charge is 0.183 e. The molecule has 0 saturated carbocycles. The first-order chi connectivity index (χ1) is 9.53. The minimum atomic E-state index is -4.41. The number of thioether (sulfide) groups is 2. The highest BCUT2D eigenvalue weighted by atomic mass is 35.7. The monoisotopic (exact) mass is 328 g/mol. The molecule has 3 rings (SSSR count). The van der Waals surface area contributed by atoms with E-state index in [9.17, 15) is 14.0 Å². The Morgan fingerprint density at radius 3 is 2.55 bits per heavy atom. The van der Waals surface area contributed by atoms with Gasteiger partial charge >= 0.3 is 4.77 Å². The van der Waals surface area contributed by atoms with Gasteiger partial charge in [0.1, 0.15) is 0 Å². The lowest BCUT2D eigenvalue weighted by molar-refractivity contribution is -1.92. The van der Waals surface area contributed by atoms with Crippen LogP contribution < -0.4 is 14.0 Å². The second-order valence-electron chi connectivity index (χ2n) is 4.02. The zero-order valence-corrected chi connectivity index (χ0v) is 12.4. The lowest BCUT2D eigenvalue weighted by Gasteiger charge is -2.15. The van der Waals surface area contributed by atoms with Crippen LogP contribution in [0, 0.1) is 10.2 Å². The number of halogens is 1. The van der Waals surface area contributed by atoms with Gasteiger partial charge in [-0.3, -0.25) is 0 Å². The van der Waals surface area contributed by atoms with Crippen LogP contribution in [0.1, 0.15) is 5.56 Å². The normalized spacial score (nSPS) is 19.4. The van der Waals surface area contributed by atoms with E-state index in [4.69, 9.17) is 0 Å². The summed E-state index contributed by atoms with van der Waals surface area (Å²) in [6.45, 7) is 0. The Hall–Kier alpha value is -0.730. The highest BCUT2D eigenvalue weighted by Gasteiger charge is 2.34. The Balaban J connectivity index is 1.87. The summed E-state index contributed by atoms with van der Waals surface area (Å²) in [4.78, 5) is 0.899. The van der Waals surface area contributed by atoms with E-state index in [1.54, 1.807) is 0 Å². The van der Waals surface area contributed by atoms with Crippen molar-refractivity contribution in [3.8, 4) is 0 Å². The Bertz CT molecular complexity index is 663. The summed E-state index contributed by atoms with van der Waals surface area (Å²) in [6, 6.07) is 13.9. The maximum atomic E-state index is 10.6. The number of hydrogen-bond acceptors (Lipinski definition) is 6. The third kappa shape index (κ3) is 3.12. The fraction of sp³-hybridized carbons (Fsp3) is 0.0769. The second-order valence-corrected chi connectivity index (χ2v) is 7.29. The third-order valence-electron chi connectivity index (χ3n) is 2.75. The number of fused-ring (bicyclic) bond motifs is 1. The molecule has 2 aromatic rings. The van der Waals surface area contributed by atoms with E-state index in [1.807, 2.05) is 47.9 Å². The molecule has 0 radical (unpaired) electrons. The van der Waals surface area contributed by atoms with Gasteiger partial charge < -0.3 is 0 Å². The summed E-state index contributed by atoms with van der Waals surface area (Å²) in [5, 5.41) is 4.01. The number of benzene rings is 2. The van der Waals surface area contributed by atoms with Gasteiger partial charge in [0.05, 0.1) is 14.5 Å². The molecule has 4 nitrogen and oxygen atoms in total. The molecule has 1 heterocycles. The van der Waals surface area contributed by atoms with Crippen LogP contribution in [-0.4, -0.2) is 4.77 Å². The van der Waals surface area contributed by atoms with Crippen molar-refractivity contribution in [1.82, 2.24) is 0 Å². The van der Waals surface area contributed by atoms with Crippen LogP contribution in [0.15, 0.2) is 47.9 Å². The Kier molecular flexibility index (Phi) is 3.96. The molecule has 0 fully saturated rings. The molecule has 20 heavy (non-hydrogen) atoms. The van der Waals surface area contributed by atoms with Gasteiger partial charge in [-0.15, -0.1) is 0 Å². The van der Waals surface area contributed by atoms with E-state index in [2.05, 4.69) is 4.29 Å². The predicted octanol–water partition coefficient (Wildman–Crippen LogP) is 0.816. The van der Waals surface area contributed by atoms with Crippen LogP contribution >= 0.6 is 23.5 Å². The Labute approximate surface area is 126 Å². The van der Waals surface area contributed by atoms with Crippen LogP contribution in [0.4, 0.5) is 0 Å². The first-order valence-corrected chi connectivity index (χ1v) is 8.68. The van der Waals surface area contributed by atoms with E-state index in [0.29, 0.717) is 0 Å². The molecule has 0 aliphatic carbocycles. The molecule has 0 saturated heterocycles. The first kappa shape index (κ1) is 14.2. The molecule has 1 aliphatic rings. The molecular weight excluding hydrogens is 320 g/mol. The van der Waals surface area contributed by atoms with E-state index in [0.717, 1.165) is 21.2 Å². The quantitative estimate of drug-likeness (QED) is 0.830. The molecule has 0 aromatic heterocycles. The second kappa shape index (κ2) is 5.57. The van der Waals surface area contributed by atoms with Crippen LogP contribution in [0.3, 0.4) is 0 Å². The summed E-state index contributed by atoms with van der Waals surface area (Å²) in [5.74, 6) is 0. The number of rotatable bonds is 3. The average Bonchev–Trinajstić information content (AvgIpc) is 2.84. The maximum Gasteiger partial charge on any atom is 0.313 e. The molecule has 0 bridgehead atoms. The van der Waals surface area contributed by atoms with Crippen LogP contribution in [0.25, 0.3) is 15.7 Å². The summed E-state index contributed by atoms with van der Waals surface area (Å²) >= 11 is 2.39. The summed E-state index contributed by atoms with van der Waals surface area (Å²) in [6.07, 6.45) is 0. The molecule has 0 amide bonds. The largest absolute Gasteiger partial charge is 0.313 e. The summed E-state index contributed by atoms with van der Waals surface area (Å²) in [7, 11) is -4.41. The van der Waals surface area contributed by atoms with Crippen molar-refractivity contribution < 1.29 is 28.5 Å². The van der Waals surface area contributed by atoms with Crippen molar-refractivity contribution >= 4 is 39.2 Å². The van der Waals surface area contributed by atoms with Crippen LogP contribution in [0.5, 0.6) is 0 Å². The molecule has 104 valence electrons. The zero-order valence-electron chi connectivity index (χ0n) is 10.0. The zero-order chi connectivity index (χ0) is 14.2. The fourth-order valence-corrected chi connectivity index (χ4v) is 4.96. The minimum absolute atomic E-state index is 0.756. The van der Waals surface area contributed by atoms with Crippen LogP contribution in [-0.2, 0) is 4.29 Å². The first-order valence-electron chi connectivity index (χ1n) is 5.62. The van der Waals surface area contributed by atoms with Crippen LogP contribution in [0.2, 0.25) is 0 Å². The Morgan fingerprint density at radius 1 is 1.00 bits per heavy atom. The molecule has 0 spiro atoms. The van der Waals surface area contributed by atoms with Gasteiger partial charge in [0.25, 0.3) is 0 Å². The van der Waals surface area contributed by atoms with Gasteiger partial charge in [0, 0.05) is 4.91 Å². The van der Waals surface area contributed by atoms with Gasteiger partial charge in [-0.2, -0.15) is 14.0 Å². The van der Waals surface area contributed by atoms with E-state index in [1.165, 1.54) is 23.5 Å². The standard InChI is InChI=1S/C13H9ClO4S2/c15-14(16,17)18-13-19-8-12(20-13)11-7-3-5-9-4-1-2-6-10(9)11/h1-8,13H. The van der Waals surface area contributed by atoms with Crippen molar-refractivity contribution in [1.29, 1.82) is 0 Å². The highest BCUT2D eigenvalue weighted by Crippen LogP contribution is 2.47. The predicted molar refractivity (Wildman–Crippen MR) is 72.0 cm³/mol. The van der Waals surface area contributed by atoms with E-state index < -0.39 is 15.0 Å². The molecule has 1 aliphatic heterocycles. The minimum Gasteiger partial charge on any atom is -0.183 e. The van der Waals surface area contributed by atoms with Crippen molar-refractivity contribution in [2.75, 3.05) is 0 Å². The van der Waals surface area contributed by atoms with Crippen molar-refractivity contribution in [2.45, 2.75) is 4.77 Å². The fourth-order valence-electron chi connectivity index (χ4n) is 1.97. The topological polar surface area (TPSA) is 78.4 Å². The Morgan fingerprint density at radius 2 is 1.75 bits per heavy atom. The van der Waals surface area contributed by atoms with Gasteiger partial charge in [0.15, 0.2) is 0 Å². The van der Waals surface area contributed by atoms with E-state index in [-0.39, 0.29) is 0 Å². The molecule has 2 aromatic carbocycles. The SMILES string of the molecule is [O-][Cl+3]([O-])([O-])OC1SC=C(c2cccc3ccccc23)S1. The van der Waals surface area contributed by atoms with Gasteiger partial charge in [-0.05, 0) is 21.7 Å². The summed E-state index contributed by atoms with van der Waals surface area (Å²) in [5.41, 5.74) is 1.01. The molecule has 7 heteroatoms. The molecule has 1 unspecified atom stereocenters. The maximum absolute atomic E-state index is 10.6. The summed E-state index contributed by atoms with van der Waals surface area (Å²) < 4.78 is 35.4. The van der Waals surface area contributed by atoms with Crippen molar-refractivity contribution in [3.05, 3.63) is 53.4 Å². The molecular formula is C13H9ClO4S2. The third-order valence-corrected chi connectivity index (χ3v) is 5.70. The average molecular weight is 329 g/mol. The van der Waals surface area contributed by atoms with Gasteiger partial charge in [-0.25, -0.2) is 0 Å². The lowest BCUT2D eigenvalue weighted by Crippen LogP contribution is -2.61. The van der Waals surface area contributed by atoms with Gasteiger partial charge in [-0.1, -0.05) is 66.0 Å². The molecule has 1 atom stereocenters. The lowest BCUT2D eigenvalue weighted by atomic mass is 10.0. The van der Waals surface area contributed by atoms with Crippen molar-refractivity contribution in [2.24, 2.45) is 0 Å². The highest BCUT2D eigenvalue weighted by molar-refractivity contribution is 8.25. The number of hydrogen-bond donors (Lipinski definition) is 0. The van der Waals surface area contributed by atoms with Gasteiger partial charge in [0.2, 0.25) is 0 Å².